The first-order chi connectivity index (χ1) is 12.6. The molecule has 6 heteroatoms. The number of piperidine rings is 3. The van der Waals surface area contributed by atoms with Crippen molar-refractivity contribution in [3.8, 4) is 0 Å². The summed E-state index contributed by atoms with van der Waals surface area (Å²) in [5.41, 5.74) is 0. The number of amides is 1. The Morgan fingerprint density at radius 3 is 2.15 bits per heavy atom. The third-order valence-electron chi connectivity index (χ3n) is 6.64. The Kier molecular flexibility index (Phi) is 7.32. The molecule has 0 bridgehead atoms. The highest BCUT2D eigenvalue weighted by atomic mass is 16.4. The Morgan fingerprint density at radius 2 is 1.54 bits per heavy atom. The lowest BCUT2D eigenvalue weighted by atomic mass is 9.90. The van der Waals surface area contributed by atoms with Gasteiger partial charge in [-0.1, -0.05) is 0 Å². The molecule has 0 aliphatic carbocycles. The van der Waals surface area contributed by atoms with Crippen molar-refractivity contribution in [1.29, 1.82) is 0 Å². The van der Waals surface area contributed by atoms with Gasteiger partial charge < -0.3 is 20.2 Å². The van der Waals surface area contributed by atoms with E-state index in [0.717, 1.165) is 57.8 Å². The van der Waals surface area contributed by atoms with Crippen LogP contribution in [0.2, 0.25) is 0 Å². The number of likely N-dealkylation sites (tertiary alicyclic amines) is 2. The number of hydrogen-bond donors (Lipinski definition) is 2. The van der Waals surface area contributed by atoms with Gasteiger partial charge in [0.2, 0.25) is 5.91 Å². The molecule has 3 rings (SSSR count). The van der Waals surface area contributed by atoms with Gasteiger partial charge in [0.15, 0.2) is 0 Å². The molecule has 0 unspecified atom stereocenters. The van der Waals surface area contributed by atoms with Crippen LogP contribution in [-0.4, -0.2) is 72.6 Å². The second-order valence-corrected chi connectivity index (χ2v) is 8.46. The number of carbonyl (C=O) groups excluding carboxylic acids is 1. The molecule has 3 heterocycles. The van der Waals surface area contributed by atoms with Crippen molar-refractivity contribution in [3.05, 3.63) is 0 Å². The van der Waals surface area contributed by atoms with Gasteiger partial charge in [0, 0.05) is 25.4 Å². The third kappa shape index (κ3) is 5.68. The maximum Gasteiger partial charge on any atom is 0.303 e. The van der Waals surface area contributed by atoms with Gasteiger partial charge in [-0.15, -0.1) is 0 Å². The fourth-order valence-corrected chi connectivity index (χ4v) is 4.80. The average Bonchev–Trinajstić information content (AvgIpc) is 2.67. The Hall–Kier alpha value is -1.14. The number of carboxylic acids is 1. The molecule has 0 aromatic heterocycles. The number of aliphatic carboxylic acids is 1. The molecule has 3 fully saturated rings. The standard InChI is InChI=1S/C20H35N3O3/c24-19(25)15-17-4-13-23(14-5-17)20(26)18-6-11-22(12-7-18)10-3-16-1-8-21-9-2-16/h16-18,21H,1-15H2,(H,24,25). The van der Waals surface area contributed by atoms with E-state index < -0.39 is 5.97 Å². The lowest BCUT2D eigenvalue weighted by molar-refractivity contribution is -0.140. The molecule has 1 amide bonds. The van der Waals surface area contributed by atoms with Crippen LogP contribution in [-0.2, 0) is 9.59 Å². The van der Waals surface area contributed by atoms with Crippen molar-refractivity contribution in [2.24, 2.45) is 17.8 Å². The molecule has 26 heavy (non-hydrogen) atoms. The smallest absolute Gasteiger partial charge is 0.303 e. The predicted octanol–water partition coefficient (Wildman–Crippen LogP) is 1.80. The monoisotopic (exact) mass is 365 g/mol. The number of rotatable bonds is 6. The minimum absolute atomic E-state index is 0.182. The molecule has 0 aromatic carbocycles. The van der Waals surface area contributed by atoms with Gasteiger partial charge in [-0.05, 0) is 89.5 Å². The van der Waals surface area contributed by atoms with Crippen molar-refractivity contribution < 1.29 is 14.7 Å². The highest BCUT2D eigenvalue weighted by Gasteiger charge is 2.31. The van der Waals surface area contributed by atoms with Gasteiger partial charge in [0.1, 0.15) is 0 Å². The van der Waals surface area contributed by atoms with Crippen LogP contribution >= 0.6 is 0 Å². The Balaban J connectivity index is 1.34. The molecule has 0 aromatic rings. The zero-order valence-electron chi connectivity index (χ0n) is 16.0. The average molecular weight is 366 g/mol. The second kappa shape index (κ2) is 9.70. The van der Waals surface area contributed by atoms with Crippen LogP contribution < -0.4 is 5.32 Å². The van der Waals surface area contributed by atoms with E-state index >= 15 is 0 Å². The van der Waals surface area contributed by atoms with Crippen molar-refractivity contribution in [2.75, 3.05) is 45.8 Å². The zero-order valence-corrected chi connectivity index (χ0v) is 16.0. The van der Waals surface area contributed by atoms with Crippen LogP contribution in [0.3, 0.4) is 0 Å². The van der Waals surface area contributed by atoms with Gasteiger partial charge in [-0.25, -0.2) is 0 Å². The highest BCUT2D eigenvalue weighted by Crippen LogP contribution is 2.26. The largest absolute Gasteiger partial charge is 0.481 e. The van der Waals surface area contributed by atoms with Gasteiger partial charge in [0.05, 0.1) is 0 Å². The molecular formula is C20H35N3O3. The maximum absolute atomic E-state index is 12.8. The summed E-state index contributed by atoms with van der Waals surface area (Å²) in [6.45, 7) is 7.12. The maximum atomic E-state index is 12.8. The Bertz CT molecular complexity index is 463. The van der Waals surface area contributed by atoms with Crippen LogP contribution in [0, 0.1) is 17.8 Å². The van der Waals surface area contributed by atoms with Crippen LogP contribution in [0.1, 0.15) is 51.4 Å². The van der Waals surface area contributed by atoms with E-state index in [1.54, 1.807) is 0 Å². The summed E-state index contributed by atoms with van der Waals surface area (Å²) in [7, 11) is 0. The van der Waals surface area contributed by atoms with E-state index in [4.69, 9.17) is 5.11 Å². The quantitative estimate of drug-likeness (QED) is 0.751. The molecule has 148 valence electrons. The first-order valence-electron chi connectivity index (χ1n) is 10.6. The van der Waals surface area contributed by atoms with Gasteiger partial charge in [0.25, 0.3) is 0 Å². The molecule has 6 nitrogen and oxygen atoms in total. The van der Waals surface area contributed by atoms with E-state index in [9.17, 15) is 9.59 Å². The number of hydrogen-bond acceptors (Lipinski definition) is 4. The van der Waals surface area contributed by atoms with Gasteiger partial charge >= 0.3 is 5.97 Å². The van der Waals surface area contributed by atoms with Gasteiger partial charge in [-0.2, -0.15) is 0 Å². The fourth-order valence-electron chi connectivity index (χ4n) is 4.80. The second-order valence-electron chi connectivity index (χ2n) is 8.46. The third-order valence-corrected chi connectivity index (χ3v) is 6.64. The molecule has 3 aliphatic rings. The molecular weight excluding hydrogens is 330 g/mol. The minimum Gasteiger partial charge on any atom is -0.481 e. The molecule has 2 N–H and O–H groups in total. The van der Waals surface area contributed by atoms with E-state index in [2.05, 4.69) is 10.2 Å². The lowest BCUT2D eigenvalue weighted by Crippen LogP contribution is -2.46. The summed E-state index contributed by atoms with van der Waals surface area (Å²) < 4.78 is 0. The van der Waals surface area contributed by atoms with E-state index in [0.29, 0.717) is 5.91 Å². The summed E-state index contributed by atoms with van der Waals surface area (Å²) in [5, 5.41) is 12.3. The first-order valence-corrected chi connectivity index (χ1v) is 10.6. The topological polar surface area (TPSA) is 72.9 Å². The normalized spacial score (nSPS) is 24.7. The van der Waals surface area contributed by atoms with Crippen LogP contribution in [0.25, 0.3) is 0 Å². The Morgan fingerprint density at radius 1 is 0.885 bits per heavy atom. The molecule has 3 saturated heterocycles. The van der Waals surface area contributed by atoms with Crippen molar-refractivity contribution in [3.63, 3.8) is 0 Å². The number of nitrogens with one attached hydrogen (secondary N) is 1. The Labute approximate surface area is 157 Å². The molecule has 0 atom stereocenters. The fraction of sp³-hybridized carbons (Fsp3) is 0.900. The van der Waals surface area contributed by atoms with Crippen LogP contribution in [0.4, 0.5) is 0 Å². The van der Waals surface area contributed by atoms with E-state index in [-0.39, 0.29) is 18.3 Å². The molecule has 0 radical (unpaired) electrons. The predicted molar refractivity (Wildman–Crippen MR) is 101 cm³/mol. The van der Waals surface area contributed by atoms with Crippen LogP contribution in [0.5, 0.6) is 0 Å². The first kappa shape index (κ1) is 19.6. The van der Waals surface area contributed by atoms with Crippen molar-refractivity contribution >= 4 is 11.9 Å². The number of nitrogens with zero attached hydrogens (tertiary/aromatic N) is 2. The number of carboxylic acid groups (broad SMARTS) is 1. The van der Waals surface area contributed by atoms with Gasteiger partial charge in [-0.3, -0.25) is 9.59 Å². The van der Waals surface area contributed by atoms with E-state index in [1.807, 2.05) is 4.90 Å². The SMILES string of the molecule is O=C(O)CC1CCN(C(=O)C2CCN(CCC3CCNCC3)CC2)CC1. The zero-order chi connectivity index (χ0) is 18.4. The highest BCUT2D eigenvalue weighted by molar-refractivity contribution is 5.79. The lowest BCUT2D eigenvalue weighted by Gasteiger charge is -2.37. The summed E-state index contributed by atoms with van der Waals surface area (Å²) in [6, 6.07) is 0. The minimum atomic E-state index is -0.716. The van der Waals surface area contributed by atoms with Crippen molar-refractivity contribution in [2.45, 2.75) is 51.4 Å². The molecule has 0 saturated carbocycles. The van der Waals surface area contributed by atoms with Crippen molar-refractivity contribution in [1.82, 2.24) is 15.1 Å². The van der Waals surface area contributed by atoms with Crippen LogP contribution in [0.15, 0.2) is 0 Å². The molecule has 0 spiro atoms. The number of carbonyl (C=O) groups is 2. The summed E-state index contributed by atoms with van der Waals surface area (Å²) in [6.07, 6.45) is 7.83. The summed E-state index contributed by atoms with van der Waals surface area (Å²) in [4.78, 5) is 28.1. The van der Waals surface area contributed by atoms with E-state index in [1.165, 1.54) is 38.9 Å². The molecule has 3 aliphatic heterocycles. The summed E-state index contributed by atoms with van der Waals surface area (Å²) in [5.74, 6) is 0.903. The summed E-state index contributed by atoms with van der Waals surface area (Å²) >= 11 is 0.